The SMILES string of the molecule is C=C1CC(C(=O)OC)N(C(=O)OCC)C1. The van der Waals surface area contributed by atoms with Crippen molar-refractivity contribution in [3.05, 3.63) is 12.2 Å². The van der Waals surface area contributed by atoms with E-state index in [0.29, 0.717) is 13.0 Å². The van der Waals surface area contributed by atoms with Crippen LogP contribution in [0.2, 0.25) is 0 Å². The van der Waals surface area contributed by atoms with Crippen LogP contribution in [0.4, 0.5) is 4.79 Å². The van der Waals surface area contributed by atoms with Crippen LogP contribution in [-0.2, 0) is 14.3 Å². The summed E-state index contributed by atoms with van der Waals surface area (Å²) in [6.45, 7) is 6.12. The Kier molecular flexibility index (Phi) is 3.71. The van der Waals surface area contributed by atoms with E-state index in [1.807, 2.05) is 0 Å². The Labute approximate surface area is 88.6 Å². The van der Waals surface area contributed by atoms with Gasteiger partial charge in [-0.25, -0.2) is 9.59 Å². The van der Waals surface area contributed by atoms with Crippen LogP contribution in [0.15, 0.2) is 12.2 Å². The molecule has 1 aliphatic heterocycles. The highest BCUT2D eigenvalue weighted by atomic mass is 16.6. The van der Waals surface area contributed by atoms with Gasteiger partial charge in [-0.2, -0.15) is 0 Å². The summed E-state index contributed by atoms with van der Waals surface area (Å²) in [5.41, 5.74) is 0.832. The van der Waals surface area contributed by atoms with Crippen molar-refractivity contribution in [2.75, 3.05) is 20.3 Å². The maximum Gasteiger partial charge on any atom is 0.410 e. The van der Waals surface area contributed by atoms with Crippen molar-refractivity contribution in [1.82, 2.24) is 4.90 Å². The van der Waals surface area contributed by atoms with Crippen molar-refractivity contribution in [1.29, 1.82) is 0 Å². The van der Waals surface area contributed by atoms with Crippen LogP contribution in [0.5, 0.6) is 0 Å². The van der Waals surface area contributed by atoms with E-state index in [9.17, 15) is 9.59 Å². The van der Waals surface area contributed by atoms with Crippen LogP contribution in [0.3, 0.4) is 0 Å². The Bertz CT molecular complexity index is 287. The van der Waals surface area contributed by atoms with Crippen LogP contribution in [0, 0.1) is 0 Å². The zero-order valence-corrected chi connectivity index (χ0v) is 8.99. The van der Waals surface area contributed by atoms with E-state index in [-0.39, 0.29) is 6.61 Å². The first kappa shape index (κ1) is 11.6. The largest absolute Gasteiger partial charge is 0.467 e. The fourth-order valence-electron chi connectivity index (χ4n) is 1.54. The van der Waals surface area contributed by atoms with Gasteiger partial charge in [0.2, 0.25) is 0 Å². The number of nitrogens with zero attached hydrogens (tertiary/aromatic N) is 1. The maximum atomic E-state index is 11.5. The first-order chi connectivity index (χ1) is 7.10. The van der Waals surface area contributed by atoms with Gasteiger partial charge >= 0.3 is 12.1 Å². The van der Waals surface area contributed by atoms with Crippen molar-refractivity contribution in [3.63, 3.8) is 0 Å². The topological polar surface area (TPSA) is 55.8 Å². The summed E-state index contributed by atoms with van der Waals surface area (Å²) in [6, 6.07) is -0.582. The molecule has 1 atom stereocenters. The number of ether oxygens (including phenoxy) is 2. The van der Waals surface area contributed by atoms with Crippen molar-refractivity contribution < 1.29 is 19.1 Å². The van der Waals surface area contributed by atoms with Gasteiger partial charge in [0.15, 0.2) is 0 Å². The molecule has 0 aromatic rings. The zero-order chi connectivity index (χ0) is 11.4. The third-order valence-corrected chi connectivity index (χ3v) is 2.23. The Morgan fingerprint density at radius 2 is 2.27 bits per heavy atom. The van der Waals surface area contributed by atoms with Gasteiger partial charge in [-0.15, -0.1) is 0 Å². The summed E-state index contributed by atoms with van der Waals surface area (Å²) >= 11 is 0. The average molecular weight is 213 g/mol. The van der Waals surface area contributed by atoms with E-state index in [1.165, 1.54) is 12.0 Å². The van der Waals surface area contributed by atoms with Gasteiger partial charge in [0.1, 0.15) is 6.04 Å². The summed E-state index contributed by atoms with van der Waals surface area (Å²) in [5.74, 6) is -0.429. The molecule has 5 heteroatoms. The third kappa shape index (κ3) is 2.49. The number of carbonyl (C=O) groups is 2. The fraction of sp³-hybridized carbons (Fsp3) is 0.600. The van der Waals surface area contributed by atoms with Gasteiger partial charge in [0.05, 0.1) is 13.7 Å². The number of hydrogen-bond acceptors (Lipinski definition) is 4. The van der Waals surface area contributed by atoms with E-state index in [0.717, 1.165) is 5.57 Å². The highest BCUT2D eigenvalue weighted by Crippen LogP contribution is 2.22. The van der Waals surface area contributed by atoms with Crippen molar-refractivity contribution in [2.24, 2.45) is 0 Å². The molecule has 0 aromatic carbocycles. The molecule has 84 valence electrons. The molecule has 1 aliphatic rings. The number of likely N-dealkylation sites (tertiary alicyclic amines) is 1. The number of methoxy groups -OCH3 is 1. The third-order valence-electron chi connectivity index (χ3n) is 2.23. The quantitative estimate of drug-likeness (QED) is 0.506. The zero-order valence-electron chi connectivity index (χ0n) is 8.99. The van der Waals surface area contributed by atoms with Crippen LogP contribution >= 0.6 is 0 Å². The van der Waals surface area contributed by atoms with Crippen molar-refractivity contribution >= 4 is 12.1 Å². The number of hydrogen-bond donors (Lipinski definition) is 0. The van der Waals surface area contributed by atoms with E-state index in [2.05, 4.69) is 11.3 Å². The molecule has 0 N–H and O–H groups in total. The fourth-order valence-corrected chi connectivity index (χ4v) is 1.54. The van der Waals surface area contributed by atoms with E-state index >= 15 is 0 Å². The van der Waals surface area contributed by atoms with Crippen LogP contribution in [-0.4, -0.2) is 43.3 Å². The molecular weight excluding hydrogens is 198 g/mol. The lowest BCUT2D eigenvalue weighted by atomic mass is 10.2. The van der Waals surface area contributed by atoms with Gasteiger partial charge in [0, 0.05) is 13.0 Å². The molecule has 0 saturated carbocycles. The summed E-state index contributed by atoms with van der Waals surface area (Å²) in [5, 5.41) is 0. The van der Waals surface area contributed by atoms with Crippen LogP contribution in [0.25, 0.3) is 0 Å². The molecular formula is C10H15NO4. The number of amides is 1. The highest BCUT2D eigenvalue weighted by molar-refractivity contribution is 5.83. The second kappa shape index (κ2) is 4.82. The highest BCUT2D eigenvalue weighted by Gasteiger charge is 2.37. The normalized spacial score (nSPS) is 20.3. The number of rotatable bonds is 2. The molecule has 0 aliphatic carbocycles. The smallest absolute Gasteiger partial charge is 0.410 e. The summed E-state index contributed by atoms with van der Waals surface area (Å²) in [6.07, 6.45) is -0.0440. The second-order valence-corrected chi connectivity index (χ2v) is 3.32. The van der Waals surface area contributed by atoms with E-state index in [4.69, 9.17) is 4.74 Å². The number of carbonyl (C=O) groups excluding carboxylic acids is 2. The van der Waals surface area contributed by atoms with Gasteiger partial charge < -0.3 is 9.47 Å². The van der Waals surface area contributed by atoms with Gasteiger partial charge in [-0.05, 0) is 6.92 Å². The summed E-state index contributed by atoms with van der Waals surface area (Å²) in [4.78, 5) is 24.2. The first-order valence-electron chi connectivity index (χ1n) is 4.78. The second-order valence-electron chi connectivity index (χ2n) is 3.32. The molecule has 0 bridgehead atoms. The average Bonchev–Trinajstić information content (AvgIpc) is 2.59. The molecule has 1 amide bonds. The Hall–Kier alpha value is -1.52. The lowest BCUT2D eigenvalue weighted by molar-refractivity contribution is -0.145. The molecule has 0 aromatic heterocycles. The molecule has 5 nitrogen and oxygen atoms in total. The van der Waals surface area contributed by atoms with Crippen molar-refractivity contribution in [2.45, 2.75) is 19.4 Å². The standard InChI is InChI=1S/C10H15NO4/c1-4-15-10(13)11-6-7(2)5-8(11)9(12)14-3/h8H,2,4-6H2,1,3H3. The van der Waals surface area contributed by atoms with Crippen molar-refractivity contribution in [3.8, 4) is 0 Å². The molecule has 0 spiro atoms. The molecule has 1 rings (SSSR count). The minimum Gasteiger partial charge on any atom is -0.467 e. The Morgan fingerprint density at radius 1 is 1.60 bits per heavy atom. The predicted molar refractivity (Wildman–Crippen MR) is 53.3 cm³/mol. The Morgan fingerprint density at radius 3 is 2.80 bits per heavy atom. The molecule has 1 unspecified atom stereocenters. The summed E-state index contributed by atoms with van der Waals surface area (Å²) < 4.78 is 9.45. The van der Waals surface area contributed by atoms with E-state index < -0.39 is 18.1 Å². The van der Waals surface area contributed by atoms with E-state index in [1.54, 1.807) is 6.92 Å². The van der Waals surface area contributed by atoms with Crippen LogP contribution < -0.4 is 0 Å². The van der Waals surface area contributed by atoms with Gasteiger partial charge in [-0.1, -0.05) is 12.2 Å². The molecule has 15 heavy (non-hydrogen) atoms. The van der Waals surface area contributed by atoms with Crippen LogP contribution in [0.1, 0.15) is 13.3 Å². The number of esters is 1. The minimum absolute atomic E-state index is 0.287. The lowest BCUT2D eigenvalue weighted by Crippen LogP contribution is -2.41. The monoisotopic (exact) mass is 213 g/mol. The predicted octanol–water partition coefficient (Wildman–Crippen LogP) is 0.946. The molecule has 1 fully saturated rings. The molecule has 1 saturated heterocycles. The maximum absolute atomic E-state index is 11.5. The van der Waals surface area contributed by atoms with Gasteiger partial charge in [0.25, 0.3) is 0 Å². The lowest BCUT2D eigenvalue weighted by Gasteiger charge is -2.20. The summed E-state index contributed by atoms with van der Waals surface area (Å²) in [7, 11) is 1.30. The first-order valence-corrected chi connectivity index (χ1v) is 4.78. The minimum atomic E-state index is -0.582. The molecule has 0 radical (unpaired) electrons. The molecule has 1 heterocycles. The Balaban J connectivity index is 2.72. The van der Waals surface area contributed by atoms with Gasteiger partial charge in [-0.3, -0.25) is 4.90 Å².